The Morgan fingerprint density at radius 2 is 1.68 bits per heavy atom. The number of halogens is 4. The highest BCUT2D eigenvalue weighted by Crippen LogP contribution is 2.38. The van der Waals surface area contributed by atoms with Crippen molar-refractivity contribution in [3.05, 3.63) is 44.0 Å². The first-order chi connectivity index (χ1) is 9.01. The predicted octanol–water partition coefficient (Wildman–Crippen LogP) is 4.97. The minimum Gasteiger partial charge on any atom is -0.233 e. The van der Waals surface area contributed by atoms with Crippen molar-refractivity contribution in [2.45, 2.75) is 0 Å². The zero-order valence-corrected chi connectivity index (χ0v) is 12.1. The average Bonchev–Trinajstić information content (AvgIpc) is 2.64. The highest BCUT2D eigenvalue weighted by Gasteiger charge is 2.22. The van der Waals surface area contributed by atoms with Gasteiger partial charge in [0.15, 0.2) is 6.19 Å². The van der Waals surface area contributed by atoms with E-state index in [0.29, 0.717) is 21.3 Å². The molecule has 0 unspecified atom stereocenters. The molecule has 0 aliphatic carbocycles. The molecule has 0 bridgehead atoms. The van der Waals surface area contributed by atoms with Crippen molar-refractivity contribution in [3.8, 4) is 23.5 Å². The predicted molar refractivity (Wildman–Crippen MR) is 75.6 cm³/mol. The Balaban J connectivity index is 2.82. The number of aromatic nitrogens is 1. The molecule has 1 aromatic heterocycles. The summed E-state index contributed by atoms with van der Waals surface area (Å²) in [7, 11) is 0. The first-order valence-corrected chi connectivity index (χ1v) is 6.37. The fourth-order valence-electron chi connectivity index (χ4n) is 1.63. The van der Waals surface area contributed by atoms with Crippen molar-refractivity contribution in [2.75, 3.05) is 0 Å². The molecule has 2 aromatic rings. The van der Waals surface area contributed by atoms with Crippen molar-refractivity contribution in [2.24, 2.45) is 0 Å². The van der Waals surface area contributed by atoms with Gasteiger partial charge in [0.1, 0.15) is 11.2 Å². The molecule has 7 heteroatoms. The third-order valence-corrected chi connectivity index (χ3v) is 4.02. The molecule has 0 saturated heterocycles. The van der Waals surface area contributed by atoms with Gasteiger partial charge in [-0.2, -0.15) is 10.5 Å². The van der Waals surface area contributed by atoms with Crippen molar-refractivity contribution < 1.29 is 0 Å². The third-order valence-electron chi connectivity index (χ3n) is 2.46. The molecule has 1 aromatic carbocycles. The van der Waals surface area contributed by atoms with E-state index in [9.17, 15) is 0 Å². The van der Waals surface area contributed by atoms with Crippen molar-refractivity contribution in [3.63, 3.8) is 0 Å². The summed E-state index contributed by atoms with van der Waals surface area (Å²) in [6.45, 7) is 0. The molecule has 0 fully saturated rings. The van der Waals surface area contributed by atoms with Gasteiger partial charge in [0, 0.05) is 5.56 Å². The lowest BCUT2D eigenvalue weighted by Crippen LogP contribution is -1.93. The number of hydrogen-bond donors (Lipinski definition) is 0. The van der Waals surface area contributed by atoms with Gasteiger partial charge < -0.3 is 0 Å². The lowest BCUT2D eigenvalue weighted by molar-refractivity contribution is 1.11. The fourth-order valence-corrected chi connectivity index (χ4v) is 2.36. The summed E-state index contributed by atoms with van der Waals surface area (Å²) in [5.74, 6) is 0. The number of rotatable bonds is 1. The fraction of sp³-hybridized carbons (Fsp3) is 0. The Hall–Kier alpha value is -1.36. The largest absolute Gasteiger partial charge is 0.233 e. The first kappa shape index (κ1) is 14.1. The van der Waals surface area contributed by atoms with Crippen LogP contribution in [0.1, 0.15) is 5.56 Å². The SMILES string of the molecule is N#Cc1c(Cl)c(Cl)n(C#N)c1-c1ccc(Cl)c(Cl)c1. The van der Waals surface area contributed by atoms with E-state index in [1.54, 1.807) is 18.2 Å². The molecular weight excluding hydrogens is 328 g/mol. The smallest absolute Gasteiger partial charge is 0.190 e. The molecule has 1 heterocycles. The van der Waals surface area contributed by atoms with Gasteiger partial charge in [-0.15, -0.1) is 0 Å². The highest BCUT2D eigenvalue weighted by atomic mass is 35.5. The van der Waals surface area contributed by atoms with E-state index in [1.807, 2.05) is 12.3 Å². The Morgan fingerprint density at radius 1 is 1.00 bits per heavy atom. The molecule has 0 saturated carbocycles. The minimum absolute atomic E-state index is 0.0122. The number of nitrogens with zero attached hydrogens (tertiary/aromatic N) is 3. The topological polar surface area (TPSA) is 52.5 Å². The highest BCUT2D eigenvalue weighted by molar-refractivity contribution is 6.43. The average molecular weight is 331 g/mol. The summed E-state index contributed by atoms with van der Waals surface area (Å²) in [4.78, 5) is 0. The van der Waals surface area contributed by atoms with E-state index >= 15 is 0 Å². The Morgan fingerprint density at radius 3 is 2.21 bits per heavy atom. The van der Waals surface area contributed by atoms with Crippen LogP contribution in [0.4, 0.5) is 0 Å². The summed E-state index contributed by atoms with van der Waals surface area (Å²) in [6.07, 6.45) is 1.87. The van der Waals surface area contributed by atoms with Crippen LogP contribution >= 0.6 is 46.4 Å². The van der Waals surface area contributed by atoms with Gasteiger partial charge in [-0.25, -0.2) is 4.57 Å². The Bertz CT molecular complexity index is 712. The van der Waals surface area contributed by atoms with Gasteiger partial charge in [-0.3, -0.25) is 0 Å². The van der Waals surface area contributed by atoms with E-state index < -0.39 is 0 Å². The van der Waals surface area contributed by atoms with E-state index in [0.717, 1.165) is 4.57 Å². The number of nitriles is 2. The summed E-state index contributed by atoms with van der Waals surface area (Å²) in [5, 5.41) is 19.0. The Kier molecular flexibility index (Phi) is 3.94. The van der Waals surface area contributed by atoms with Crippen molar-refractivity contribution in [1.82, 2.24) is 4.57 Å². The van der Waals surface area contributed by atoms with Gasteiger partial charge in [-0.1, -0.05) is 52.5 Å². The normalized spacial score (nSPS) is 10.0. The maximum Gasteiger partial charge on any atom is 0.190 e. The summed E-state index contributed by atoms with van der Waals surface area (Å²) in [5.41, 5.74) is 0.937. The number of benzene rings is 1. The van der Waals surface area contributed by atoms with Gasteiger partial charge in [0.05, 0.1) is 26.3 Å². The molecule has 0 radical (unpaired) electrons. The molecule has 2 rings (SSSR count). The van der Waals surface area contributed by atoms with Gasteiger partial charge in [-0.05, 0) is 12.1 Å². The van der Waals surface area contributed by atoms with Crippen molar-refractivity contribution in [1.29, 1.82) is 10.5 Å². The van der Waals surface area contributed by atoms with Crippen LogP contribution < -0.4 is 0 Å². The van der Waals surface area contributed by atoms with Crippen LogP contribution in [-0.2, 0) is 0 Å². The van der Waals surface area contributed by atoms with Crippen LogP contribution in [0.3, 0.4) is 0 Å². The molecule has 0 amide bonds. The summed E-state index contributed by atoms with van der Waals surface area (Å²) >= 11 is 23.6. The summed E-state index contributed by atoms with van der Waals surface area (Å²) < 4.78 is 1.07. The van der Waals surface area contributed by atoms with Crippen LogP contribution in [0.5, 0.6) is 0 Å². The monoisotopic (exact) mass is 329 g/mol. The second kappa shape index (κ2) is 5.33. The molecular formula is C12H3Cl4N3. The van der Waals surface area contributed by atoms with E-state index in [4.69, 9.17) is 56.9 Å². The molecule has 3 nitrogen and oxygen atoms in total. The maximum absolute atomic E-state index is 9.14. The van der Waals surface area contributed by atoms with E-state index in [-0.39, 0.29) is 15.7 Å². The van der Waals surface area contributed by atoms with Crippen LogP contribution in [0, 0.1) is 22.8 Å². The molecule has 0 N–H and O–H groups in total. The zero-order chi connectivity index (χ0) is 14.2. The second-order valence-electron chi connectivity index (χ2n) is 3.50. The van der Waals surface area contributed by atoms with E-state index in [2.05, 4.69) is 0 Å². The van der Waals surface area contributed by atoms with E-state index in [1.165, 1.54) is 0 Å². The lowest BCUT2D eigenvalue weighted by Gasteiger charge is -2.04. The first-order valence-electron chi connectivity index (χ1n) is 4.86. The van der Waals surface area contributed by atoms with Crippen LogP contribution in [0.2, 0.25) is 20.2 Å². The zero-order valence-electron chi connectivity index (χ0n) is 9.09. The molecule has 0 aliphatic rings. The molecule has 0 aliphatic heterocycles. The second-order valence-corrected chi connectivity index (χ2v) is 5.05. The molecule has 19 heavy (non-hydrogen) atoms. The standard InChI is InChI=1S/C12H3Cl4N3/c13-8-2-1-6(3-9(8)14)11-7(4-17)10(15)12(16)19(11)5-18/h1-3H. The summed E-state index contributed by atoms with van der Waals surface area (Å²) in [6, 6.07) is 6.67. The Labute approximate surface area is 129 Å². The number of hydrogen-bond acceptors (Lipinski definition) is 2. The molecule has 94 valence electrons. The maximum atomic E-state index is 9.14. The van der Waals surface area contributed by atoms with Crippen molar-refractivity contribution >= 4 is 46.4 Å². The van der Waals surface area contributed by atoms with Crippen LogP contribution in [-0.4, -0.2) is 4.57 Å². The van der Waals surface area contributed by atoms with Crippen LogP contribution in [0.15, 0.2) is 18.2 Å². The minimum atomic E-state index is -0.0122. The van der Waals surface area contributed by atoms with Gasteiger partial charge in [0.25, 0.3) is 0 Å². The molecule has 0 atom stereocenters. The van der Waals surface area contributed by atoms with Crippen LogP contribution in [0.25, 0.3) is 11.3 Å². The lowest BCUT2D eigenvalue weighted by atomic mass is 10.1. The molecule has 0 spiro atoms. The third kappa shape index (κ3) is 2.27. The van der Waals surface area contributed by atoms with Gasteiger partial charge in [0.2, 0.25) is 0 Å². The quantitative estimate of drug-likeness (QED) is 0.741. The van der Waals surface area contributed by atoms with Gasteiger partial charge >= 0.3 is 0 Å².